The topological polar surface area (TPSA) is 121 Å². The molecular formula is C25H30N4O5S. The quantitative estimate of drug-likeness (QED) is 0.475. The van der Waals surface area contributed by atoms with E-state index in [0.29, 0.717) is 19.0 Å². The Balaban J connectivity index is 0.000000221. The Morgan fingerprint density at radius 2 is 1.69 bits per heavy atom. The highest BCUT2D eigenvalue weighted by molar-refractivity contribution is 7.85. The van der Waals surface area contributed by atoms with Gasteiger partial charge in [-0.15, -0.1) is 0 Å². The van der Waals surface area contributed by atoms with Gasteiger partial charge < -0.3 is 9.88 Å². The maximum atomic E-state index is 12.2. The monoisotopic (exact) mass is 498 g/mol. The van der Waals surface area contributed by atoms with Crippen LogP contribution in [0, 0.1) is 13.8 Å². The average molecular weight is 499 g/mol. The number of carbonyl (C=O) groups is 2. The number of benzene rings is 2. The van der Waals surface area contributed by atoms with Gasteiger partial charge in [-0.1, -0.05) is 23.8 Å². The number of imide groups is 1. The molecule has 2 saturated heterocycles. The Hall–Kier alpha value is -3.21. The molecule has 0 bridgehead atoms. The molecular weight excluding hydrogens is 468 g/mol. The molecule has 0 aliphatic carbocycles. The van der Waals surface area contributed by atoms with Crippen molar-refractivity contribution in [3.8, 4) is 0 Å². The molecule has 2 aliphatic rings. The van der Waals surface area contributed by atoms with Gasteiger partial charge in [-0.25, -0.2) is 4.79 Å². The summed E-state index contributed by atoms with van der Waals surface area (Å²) in [6.45, 7) is 6.49. The second-order valence-electron chi connectivity index (χ2n) is 8.89. The molecule has 2 fully saturated rings. The zero-order valence-electron chi connectivity index (χ0n) is 19.8. The van der Waals surface area contributed by atoms with Crippen LogP contribution in [0.2, 0.25) is 0 Å². The van der Waals surface area contributed by atoms with E-state index in [9.17, 15) is 18.0 Å². The first-order valence-corrected chi connectivity index (χ1v) is 13.1. The summed E-state index contributed by atoms with van der Waals surface area (Å²) >= 11 is 0. The van der Waals surface area contributed by atoms with Crippen LogP contribution in [0.25, 0.3) is 10.9 Å². The maximum Gasteiger partial charge on any atom is 0.328 e. The van der Waals surface area contributed by atoms with Crippen LogP contribution in [-0.4, -0.2) is 49.1 Å². The zero-order chi connectivity index (χ0) is 25.2. The van der Waals surface area contributed by atoms with E-state index in [2.05, 4.69) is 34.3 Å². The molecule has 3 heterocycles. The van der Waals surface area contributed by atoms with Crippen molar-refractivity contribution in [2.75, 3.05) is 24.5 Å². The smallest absolute Gasteiger partial charge is 0.328 e. The van der Waals surface area contributed by atoms with E-state index in [1.165, 1.54) is 23.3 Å². The summed E-state index contributed by atoms with van der Waals surface area (Å²) in [5, 5.41) is 6.90. The first kappa shape index (κ1) is 24.9. The molecule has 2 aromatic carbocycles. The molecule has 0 saturated carbocycles. The van der Waals surface area contributed by atoms with Crippen LogP contribution >= 0.6 is 0 Å². The minimum Gasteiger partial charge on any atom is -0.342 e. The van der Waals surface area contributed by atoms with Crippen molar-refractivity contribution in [3.05, 3.63) is 59.8 Å². The number of anilines is 1. The fourth-order valence-corrected chi connectivity index (χ4v) is 5.14. The third-order valence-corrected chi connectivity index (χ3v) is 7.26. The SMILES string of the molecule is Cc1cc2c(N3CCC(=O)NC3=O)cccc2n1C1CCNCC1.Cc1ccc(S(=O)(=O)O)cc1. The highest BCUT2D eigenvalue weighted by Gasteiger charge is 2.27. The number of nitrogens with zero attached hydrogens (tertiary/aromatic N) is 2. The number of urea groups is 1. The predicted molar refractivity (Wildman–Crippen MR) is 134 cm³/mol. The van der Waals surface area contributed by atoms with Gasteiger partial charge in [-0.05, 0) is 70.1 Å². The van der Waals surface area contributed by atoms with Crippen LogP contribution < -0.4 is 15.5 Å². The Labute approximate surface area is 204 Å². The fraction of sp³-hybridized carbons (Fsp3) is 0.360. The van der Waals surface area contributed by atoms with Crippen molar-refractivity contribution >= 4 is 38.6 Å². The Morgan fingerprint density at radius 1 is 1.00 bits per heavy atom. The van der Waals surface area contributed by atoms with Gasteiger partial charge in [-0.2, -0.15) is 8.42 Å². The Morgan fingerprint density at radius 3 is 2.31 bits per heavy atom. The number of hydrogen-bond acceptors (Lipinski definition) is 5. The summed E-state index contributed by atoms with van der Waals surface area (Å²) in [7, 11) is -4.02. The van der Waals surface area contributed by atoms with Crippen LogP contribution in [0.4, 0.5) is 10.5 Å². The number of amides is 3. The summed E-state index contributed by atoms with van der Waals surface area (Å²) in [6, 6.07) is 14.4. The molecule has 186 valence electrons. The van der Waals surface area contributed by atoms with E-state index >= 15 is 0 Å². The number of aryl methyl sites for hydroxylation is 2. The molecule has 0 radical (unpaired) electrons. The number of aromatic nitrogens is 1. The molecule has 0 unspecified atom stereocenters. The molecule has 5 rings (SSSR count). The first-order valence-electron chi connectivity index (χ1n) is 11.6. The lowest BCUT2D eigenvalue weighted by molar-refractivity contribution is -0.120. The molecule has 10 heteroatoms. The standard InChI is InChI=1S/C18H22N4O2.C7H8O3S/c1-12-11-14-15(21-10-7-17(23)20-18(21)24)3-2-4-16(14)22(12)13-5-8-19-9-6-13;1-6-2-4-7(5-3-6)11(8,9)10/h2-4,11,13,19H,5-10H2,1H3,(H,20,23,24);2-5H,1H3,(H,8,9,10). The number of rotatable bonds is 3. The van der Waals surface area contributed by atoms with E-state index in [1.54, 1.807) is 17.0 Å². The second kappa shape index (κ2) is 10.2. The Bertz CT molecular complexity index is 1340. The third-order valence-electron chi connectivity index (χ3n) is 6.39. The van der Waals surface area contributed by atoms with Crippen molar-refractivity contribution in [1.82, 2.24) is 15.2 Å². The molecule has 0 spiro atoms. The molecule has 3 amide bonds. The Kier molecular flexibility index (Phi) is 7.25. The van der Waals surface area contributed by atoms with Crippen molar-refractivity contribution in [2.45, 2.75) is 44.0 Å². The highest BCUT2D eigenvalue weighted by atomic mass is 32.2. The lowest BCUT2D eigenvalue weighted by Gasteiger charge is -2.28. The lowest BCUT2D eigenvalue weighted by atomic mass is 10.1. The van der Waals surface area contributed by atoms with Crippen LogP contribution in [0.5, 0.6) is 0 Å². The summed E-state index contributed by atoms with van der Waals surface area (Å²) in [6.07, 6.45) is 2.58. The van der Waals surface area contributed by atoms with E-state index in [0.717, 1.165) is 42.6 Å². The highest BCUT2D eigenvalue weighted by Crippen LogP contribution is 2.34. The maximum absolute atomic E-state index is 12.2. The fourth-order valence-electron chi connectivity index (χ4n) is 4.66. The summed E-state index contributed by atoms with van der Waals surface area (Å²) < 4.78 is 32.0. The van der Waals surface area contributed by atoms with Crippen LogP contribution in [0.3, 0.4) is 0 Å². The van der Waals surface area contributed by atoms with Crippen LogP contribution in [-0.2, 0) is 14.9 Å². The number of hydrogen-bond donors (Lipinski definition) is 3. The van der Waals surface area contributed by atoms with Gasteiger partial charge in [0.05, 0.1) is 16.1 Å². The van der Waals surface area contributed by atoms with Gasteiger partial charge in [0.2, 0.25) is 5.91 Å². The summed E-state index contributed by atoms with van der Waals surface area (Å²) in [5.74, 6) is -0.202. The van der Waals surface area contributed by atoms with Crippen molar-refractivity contribution in [1.29, 1.82) is 0 Å². The zero-order valence-corrected chi connectivity index (χ0v) is 20.6. The van der Waals surface area contributed by atoms with Crippen LogP contribution in [0.15, 0.2) is 53.4 Å². The number of piperidine rings is 1. The lowest BCUT2D eigenvalue weighted by Crippen LogP contribution is -2.49. The molecule has 35 heavy (non-hydrogen) atoms. The van der Waals surface area contributed by atoms with Gasteiger partial charge in [-0.3, -0.25) is 19.6 Å². The minimum atomic E-state index is -4.02. The second-order valence-corrected chi connectivity index (χ2v) is 10.3. The van der Waals surface area contributed by atoms with E-state index in [-0.39, 0.29) is 16.8 Å². The van der Waals surface area contributed by atoms with Gasteiger partial charge in [0.25, 0.3) is 10.1 Å². The summed E-state index contributed by atoms with van der Waals surface area (Å²) in [5.41, 5.74) is 4.23. The molecule has 3 N–H and O–H groups in total. The van der Waals surface area contributed by atoms with Gasteiger partial charge in [0.15, 0.2) is 0 Å². The van der Waals surface area contributed by atoms with E-state index in [1.807, 2.05) is 19.1 Å². The third kappa shape index (κ3) is 5.55. The van der Waals surface area contributed by atoms with Gasteiger partial charge in [0, 0.05) is 30.1 Å². The van der Waals surface area contributed by atoms with Crippen molar-refractivity contribution in [3.63, 3.8) is 0 Å². The normalized spacial score (nSPS) is 17.2. The van der Waals surface area contributed by atoms with Gasteiger partial charge in [0.1, 0.15) is 0 Å². The molecule has 9 nitrogen and oxygen atoms in total. The number of carbonyl (C=O) groups excluding carboxylic acids is 2. The molecule has 2 aliphatic heterocycles. The average Bonchev–Trinajstić information content (AvgIpc) is 3.16. The minimum absolute atomic E-state index is 0.0666. The van der Waals surface area contributed by atoms with Crippen molar-refractivity contribution < 1.29 is 22.6 Å². The summed E-state index contributed by atoms with van der Waals surface area (Å²) in [4.78, 5) is 25.2. The van der Waals surface area contributed by atoms with E-state index in [4.69, 9.17) is 4.55 Å². The van der Waals surface area contributed by atoms with E-state index < -0.39 is 10.1 Å². The molecule has 1 aromatic heterocycles. The first-order chi connectivity index (χ1) is 16.6. The predicted octanol–water partition coefficient (Wildman–Crippen LogP) is 3.56. The molecule has 0 atom stereocenters. The molecule has 3 aromatic rings. The largest absolute Gasteiger partial charge is 0.342 e. The van der Waals surface area contributed by atoms with Crippen molar-refractivity contribution in [2.24, 2.45) is 0 Å². The number of nitrogens with one attached hydrogen (secondary N) is 2. The number of fused-ring (bicyclic) bond motifs is 1. The van der Waals surface area contributed by atoms with Crippen LogP contribution in [0.1, 0.15) is 36.6 Å². The van der Waals surface area contributed by atoms with Gasteiger partial charge >= 0.3 is 6.03 Å².